The molecule has 0 aromatic heterocycles. The minimum absolute atomic E-state index is 0.0380. The molecule has 1 aliphatic heterocycles. The van der Waals surface area contributed by atoms with Crippen LogP contribution in [0.4, 0.5) is 5.69 Å². The molecule has 1 amide bonds. The largest absolute Gasteiger partial charge is 0.508 e. The van der Waals surface area contributed by atoms with E-state index in [-0.39, 0.29) is 17.7 Å². The molecule has 1 fully saturated rings. The molecule has 1 saturated heterocycles. The van der Waals surface area contributed by atoms with Crippen molar-refractivity contribution in [2.45, 2.75) is 12.5 Å². The van der Waals surface area contributed by atoms with Gasteiger partial charge >= 0.3 is 0 Å². The van der Waals surface area contributed by atoms with Gasteiger partial charge in [0.2, 0.25) is 5.91 Å². The summed E-state index contributed by atoms with van der Waals surface area (Å²) in [6.07, 6.45) is 4.30. The molecule has 0 aliphatic carbocycles. The molecule has 1 aliphatic rings. The van der Waals surface area contributed by atoms with Crippen molar-refractivity contribution in [2.75, 3.05) is 18.0 Å². The van der Waals surface area contributed by atoms with Crippen LogP contribution in [0.15, 0.2) is 36.5 Å². The quantitative estimate of drug-likeness (QED) is 0.663. The molecule has 3 N–H and O–H groups in total. The number of amides is 1. The van der Waals surface area contributed by atoms with Gasteiger partial charge in [0, 0.05) is 18.8 Å². The number of aromatic hydroxyl groups is 1. The zero-order valence-electron chi connectivity index (χ0n) is 10.5. The number of anilines is 1. The van der Waals surface area contributed by atoms with Crippen molar-refractivity contribution in [3.63, 3.8) is 0 Å². The summed E-state index contributed by atoms with van der Waals surface area (Å²) in [4.78, 5) is 13.9. The molecule has 1 heterocycles. The number of carbonyl (C=O) groups is 1. The van der Waals surface area contributed by atoms with E-state index in [4.69, 9.17) is 7.98 Å². The predicted octanol–water partition coefficient (Wildman–Crippen LogP) is 0.274. The summed E-state index contributed by atoms with van der Waals surface area (Å²) in [7, 11) is 5.14. The van der Waals surface area contributed by atoms with Crippen LogP contribution in [0.5, 0.6) is 5.75 Å². The molecule has 1 aromatic rings. The van der Waals surface area contributed by atoms with Crippen LogP contribution < -0.4 is 15.4 Å². The molecule has 98 valence electrons. The smallest absolute Gasteiger partial charge is 0.249 e. The third-order valence-electron chi connectivity index (χ3n) is 3.02. The van der Waals surface area contributed by atoms with Crippen molar-refractivity contribution in [3.05, 3.63) is 36.5 Å². The average Bonchev–Trinajstić information content (AvgIpc) is 2.77. The molecule has 6 heteroatoms. The zero-order chi connectivity index (χ0) is 13.7. The predicted molar refractivity (Wildman–Crippen MR) is 74.9 cm³/mol. The second kappa shape index (κ2) is 6.29. The maximum absolute atomic E-state index is 12.2. The fourth-order valence-electron chi connectivity index (χ4n) is 2.03. The Hall–Kier alpha value is -1.95. The first-order valence-electron chi connectivity index (χ1n) is 6.17. The molecule has 0 saturated carbocycles. The lowest BCUT2D eigenvalue weighted by Crippen LogP contribution is -2.35. The van der Waals surface area contributed by atoms with Crippen LogP contribution in [0.3, 0.4) is 0 Å². The van der Waals surface area contributed by atoms with Crippen molar-refractivity contribution in [1.82, 2.24) is 10.5 Å². The van der Waals surface area contributed by atoms with E-state index in [9.17, 15) is 9.90 Å². The number of benzene rings is 1. The summed E-state index contributed by atoms with van der Waals surface area (Å²) < 4.78 is 0. The topological polar surface area (TPSA) is 64.6 Å². The second-order valence-electron chi connectivity index (χ2n) is 4.32. The van der Waals surface area contributed by atoms with Gasteiger partial charge in [-0.3, -0.25) is 4.79 Å². The molecule has 2 radical (unpaired) electrons. The van der Waals surface area contributed by atoms with E-state index in [1.54, 1.807) is 35.4 Å². The van der Waals surface area contributed by atoms with Gasteiger partial charge in [-0.2, -0.15) is 0 Å². The van der Waals surface area contributed by atoms with Crippen molar-refractivity contribution in [1.29, 1.82) is 0 Å². The Bertz CT molecular complexity index is 461. The molecule has 1 aromatic carbocycles. The van der Waals surface area contributed by atoms with Gasteiger partial charge < -0.3 is 20.6 Å². The minimum Gasteiger partial charge on any atom is -0.508 e. The molecule has 1 unspecified atom stereocenters. The summed E-state index contributed by atoms with van der Waals surface area (Å²) in [5, 5.41) is 14.8. The highest BCUT2D eigenvalue weighted by Crippen LogP contribution is 2.23. The standard InChI is InChI=1S/C13H16BN3O2/c14-16-8-1-7-15-12-6-9-17(13(12)19)10-2-4-11(18)5-3-10/h1-5,7,12,15-16,18H,6,8-9H2/b7-1-. The van der Waals surface area contributed by atoms with E-state index in [0.29, 0.717) is 13.1 Å². The first kappa shape index (κ1) is 13.5. The summed E-state index contributed by atoms with van der Waals surface area (Å²) >= 11 is 0. The van der Waals surface area contributed by atoms with Gasteiger partial charge in [-0.05, 0) is 36.9 Å². The Morgan fingerprint density at radius 3 is 2.84 bits per heavy atom. The highest BCUT2D eigenvalue weighted by molar-refractivity contribution is 6.04. The van der Waals surface area contributed by atoms with Crippen molar-refractivity contribution < 1.29 is 9.90 Å². The van der Waals surface area contributed by atoms with E-state index < -0.39 is 0 Å². The minimum atomic E-state index is -0.206. The van der Waals surface area contributed by atoms with Crippen molar-refractivity contribution in [3.8, 4) is 5.75 Å². The zero-order valence-corrected chi connectivity index (χ0v) is 10.5. The van der Waals surface area contributed by atoms with Crippen LogP contribution >= 0.6 is 0 Å². The molecule has 0 spiro atoms. The van der Waals surface area contributed by atoms with Crippen LogP contribution in [0.2, 0.25) is 0 Å². The fraction of sp³-hybridized carbons (Fsp3) is 0.308. The Morgan fingerprint density at radius 2 is 2.16 bits per heavy atom. The lowest BCUT2D eigenvalue weighted by Gasteiger charge is -2.16. The average molecular weight is 257 g/mol. The van der Waals surface area contributed by atoms with Crippen LogP contribution in [0.1, 0.15) is 6.42 Å². The summed E-state index contributed by atoms with van der Waals surface area (Å²) in [6, 6.07) is 6.43. The highest BCUT2D eigenvalue weighted by Gasteiger charge is 2.31. The Kier molecular flexibility index (Phi) is 4.46. The Morgan fingerprint density at radius 1 is 1.42 bits per heavy atom. The number of phenolic OH excluding ortho intramolecular Hbond substituents is 1. The number of phenols is 1. The first-order chi connectivity index (χ1) is 9.22. The monoisotopic (exact) mass is 257 g/mol. The Balaban J connectivity index is 1.95. The maximum atomic E-state index is 12.2. The summed E-state index contributed by atoms with van der Waals surface area (Å²) in [6.45, 7) is 1.22. The normalized spacial score (nSPS) is 19.3. The summed E-state index contributed by atoms with van der Waals surface area (Å²) in [5.74, 6) is 0.235. The van der Waals surface area contributed by atoms with E-state index >= 15 is 0 Å². The van der Waals surface area contributed by atoms with E-state index in [1.165, 1.54) is 0 Å². The number of nitrogens with one attached hydrogen (secondary N) is 2. The van der Waals surface area contributed by atoms with Gasteiger partial charge in [0.15, 0.2) is 7.98 Å². The maximum Gasteiger partial charge on any atom is 0.249 e. The van der Waals surface area contributed by atoms with Gasteiger partial charge in [-0.25, -0.2) is 0 Å². The highest BCUT2D eigenvalue weighted by atomic mass is 16.3. The Labute approximate surface area is 113 Å². The van der Waals surface area contributed by atoms with E-state index in [2.05, 4.69) is 10.5 Å². The number of rotatable bonds is 5. The van der Waals surface area contributed by atoms with Crippen LogP contribution in [-0.4, -0.2) is 38.1 Å². The first-order valence-corrected chi connectivity index (χ1v) is 6.17. The van der Waals surface area contributed by atoms with Crippen LogP contribution in [0, 0.1) is 0 Å². The van der Waals surface area contributed by atoms with Gasteiger partial charge in [-0.1, -0.05) is 6.08 Å². The lowest BCUT2D eigenvalue weighted by molar-refractivity contribution is -0.118. The van der Waals surface area contributed by atoms with Crippen molar-refractivity contribution >= 4 is 19.6 Å². The van der Waals surface area contributed by atoms with Crippen LogP contribution in [-0.2, 0) is 4.79 Å². The van der Waals surface area contributed by atoms with Crippen molar-refractivity contribution in [2.24, 2.45) is 0 Å². The number of hydrogen-bond donors (Lipinski definition) is 3. The molecule has 5 nitrogen and oxygen atoms in total. The number of nitrogens with zero attached hydrogens (tertiary/aromatic N) is 1. The molecule has 1 atom stereocenters. The van der Waals surface area contributed by atoms with Gasteiger partial charge in [0.1, 0.15) is 11.8 Å². The van der Waals surface area contributed by atoms with Gasteiger partial charge in [0.25, 0.3) is 0 Å². The summed E-state index contributed by atoms with van der Waals surface area (Å²) in [5.41, 5.74) is 0.805. The van der Waals surface area contributed by atoms with E-state index in [1.807, 2.05) is 6.08 Å². The molecule has 2 rings (SSSR count). The number of carbonyl (C=O) groups excluding carboxylic acids is 1. The fourth-order valence-corrected chi connectivity index (χ4v) is 2.03. The van der Waals surface area contributed by atoms with E-state index in [0.717, 1.165) is 12.1 Å². The van der Waals surface area contributed by atoms with Gasteiger partial charge in [0.05, 0.1) is 0 Å². The number of hydrogen-bond acceptors (Lipinski definition) is 4. The molecule has 19 heavy (non-hydrogen) atoms. The second-order valence-corrected chi connectivity index (χ2v) is 4.32. The lowest BCUT2D eigenvalue weighted by atomic mass is 10.2. The van der Waals surface area contributed by atoms with Crippen LogP contribution in [0.25, 0.3) is 0 Å². The SMILES string of the molecule is [B]NC/C=C\NC1CCN(c2ccc(O)cc2)C1=O. The van der Waals surface area contributed by atoms with Gasteiger partial charge in [-0.15, -0.1) is 0 Å². The third kappa shape index (κ3) is 3.29. The molecular formula is C13H16BN3O2. The molecular weight excluding hydrogens is 241 g/mol. The molecule has 0 bridgehead atoms. The third-order valence-corrected chi connectivity index (χ3v) is 3.02.